The molecule has 37 heavy (non-hydrogen) atoms. The summed E-state index contributed by atoms with van der Waals surface area (Å²) >= 11 is 0. The minimum atomic E-state index is -0.684. The lowest BCUT2D eigenvalue weighted by Gasteiger charge is -2.41. The number of benzene rings is 3. The van der Waals surface area contributed by atoms with Gasteiger partial charge in [-0.15, -0.1) is 0 Å². The smallest absolute Gasteiger partial charge is 0.254 e. The first-order chi connectivity index (χ1) is 18.1. The van der Waals surface area contributed by atoms with Gasteiger partial charge in [0.1, 0.15) is 11.5 Å². The number of hydrogen-bond acceptors (Lipinski definition) is 5. The molecular formula is C29H29N3O5. The van der Waals surface area contributed by atoms with E-state index in [1.165, 1.54) is 0 Å². The van der Waals surface area contributed by atoms with Crippen LogP contribution in [0.15, 0.2) is 72.9 Å². The van der Waals surface area contributed by atoms with Crippen molar-refractivity contribution in [2.45, 2.75) is 12.0 Å². The van der Waals surface area contributed by atoms with Gasteiger partial charge < -0.3 is 29.4 Å². The molecule has 2 amide bonds. The molecule has 4 aromatic rings. The minimum absolute atomic E-state index is 0.131. The SMILES string of the molecule is COCCN1C(=O)c2ccccc2[C@H](C(=O)Nc2ccc(OC)cc2OC)[C@@H]1c1c[nH]c2ccccc12. The standard InChI is InChI=1S/C29H29N3O5/c1-35-15-14-32-27(22-17-30-23-11-7-6-8-19(22)23)26(20-9-4-5-10-21(20)29(32)34)28(33)31-24-13-12-18(36-2)16-25(24)37-3/h4-13,16-17,26-27,30H,14-15H2,1-3H3,(H,31,33)/t26-,27-/m0/s1. The number of methoxy groups -OCH3 is 3. The topological polar surface area (TPSA) is 92.9 Å². The van der Waals surface area contributed by atoms with Crippen molar-refractivity contribution in [2.24, 2.45) is 0 Å². The van der Waals surface area contributed by atoms with Gasteiger partial charge in [-0.25, -0.2) is 0 Å². The molecule has 0 unspecified atom stereocenters. The summed E-state index contributed by atoms with van der Waals surface area (Å²) in [6.07, 6.45) is 1.89. The molecule has 0 spiro atoms. The van der Waals surface area contributed by atoms with Crippen LogP contribution in [0.3, 0.4) is 0 Å². The second kappa shape index (κ2) is 10.4. The Morgan fingerprint density at radius 1 is 0.973 bits per heavy atom. The predicted molar refractivity (Wildman–Crippen MR) is 141 cm³/mol. The molecule has 2 atom stereocenters. The Kier molecular flexibility index (Phi) is 6.83. The van der Waals surface area contributed by atoms with Gasteiger partial charge in [-0.05, 0) is 29.8 Å². The number of aromatic nitrogens is 1. The van der Waals surface area contributed by atoms with Gasteiger partial charge in [0.2, 0.25) is 5.91 Å². The maximum atomic E-state index is 14.1. The number of amides is 2. The molecule has 8 nitrogen and oxygen atoms in total. The van der Waals surface area contributed by atoms with Gasteiger partial charge in [0, 0.05) is 47.9 Å². The highest BCUT2D eigenvalue weighted by atomic mass is 16.5. The summed E-state index contributed by atoms with van der Waals surface area (Å²) < 4.78 is 16.2. The van der Waals surface area contributed by atoms with Gasteiger partial charge in [-0.2, -0.15) is 0 Å². The van der Waals surface area contributed by atoms with Crippen molar-refractivity contribution in [1.82, 2.24) is 9.88 Å². The maximum Gasteiger partial charge on any atom is 0.254 e. The Balaban J connectivity index is 1.65. The molecule has 1 aliphatic heterocycles. The van der Waals surface area contributed by atoms with Crippen LogP contribution in [0.5, 0.6) is 11.5 Å². The lowest BCUT2D eigenvalue weighted by Crippen LogP contribution is -2.47. The highest BCUT2D eigenvalue weighted by Gasteiger charge is 2.45. The molecule has 1 aliphatic rings. The van der Waals surface area contributed by atoms with E-state index in [0.717, 1.165) is 16.5 Å². The van der Waals surface area contributed by atoms with Crippen molar-refractivity contribution in [2.75, 3.05) is 39.8 Å². The molecule has 190 valence electrons. The third-order valence-corrected chi connectivity index (χ3v) is 6.86. The Morgan fingerprint density at radius 2 is 1.76 bits per heavy atom. The second-order valence-corrected chi connectivity index (χ2v) is 8.85. The molecule has 0 saturated heterocycles. The second-order valence-electron chi connectivity index (χ2n) is 8.85. The molecule has 3 aromatic carbocycles. The van der Waals surface area contributed by atoms with Crippen LogP contribution in [0.1, 0.15) is 33.4 Å². The van der Waals surface area contributed by atoms with Crippen molar-refractivity contribution < 1.29 is 23.8 Å². The number of H-pyrrole nitrogens is 1. The zero-order chi connectivity index (χ0) is 25.9. The van der Waals surface area contributed by atoms with Crippen molar-refractivity contribution in [3.63, 3.8) is 0 Å². The summed E-state index contributed by atoms with van der Waals surface area (Å²) in [6, 6.07) is 19.9. The minimum Gasteiger partial charge on any atom is -0.497 e. The lowest BCUT2D eigenvalue weighted by molar-refractivity contribution is -0.119. The van der Waals surface area contributed by atoms with Crippen LogP contribution >= 0.6 is 0 Å². The fourth-order valence-electron chi connectivity index (χ4n) is 5.11. The van der Waals surface area contributed by atoms with Crippen LogP contribution < -0.4 is 14.8 Å². The monoisotopic (exact) mass is 499 g/mol. The van der Waals surface area contributed by atoms with Gasteiger partial charge in [0.05, 0.1) is 38.5 Å². The molecule has 0 saturated carbocycles. The maximum absolute atomic E-state index is 14.1. The van der Waals surface area contributed by atoms with Gasteiger partial charge in [0.25, 0.3) is 5.91 Å². The summed E-state index contributed by atoms with van der Waals surface area (Å²) in [5.74, 6) is 0.0329. The number of carbonyl (C=O) groups is 2. The Morgan fingerprint density at radius 3 is 2.54 bits per heavy atom. The quantitative estimate of drug-likeness (QED) is 0.365. The fourth-order valence-corrected chi connectivity index (χ4v) is 5.11. The van der Waals surface area contributed by atoms with Gasteiger partial charge in [-0.3, -0.25) is 9.59 Å². The van der Waals surface area contributed by atoms with Crippen LogP contribution in [0.2, 0.25) is 0 Å². The number of anilines is 1. The zero-order valence-corrected chi connectivity index (χ0v) is 21.0. The number of aromatic amines is 1. The van der Waals surface area contributed by atoms with Gasteiger partial charge in [0.15, 0.2) is 0 Å². The van der Waals surface area contributed by atoms with E-state index in [2.05, 4.69) is 10.3 Å². The van der Waals surface area contributed by atoms with Crippen LogP contribution in [-0.4, -0.2) is 56.2 Å². The molecule has 2 heterocycles. The van der Waals surface area contributed by atoms with Crippen LogP contribution in [0, 0.1) is 0 Å². The molecule has 0 fully saturated rings. The van der Waals surface area contributed by atoms with Crippen LogP contribution in [0.25, 0.3) is 10.9 Å². The van der Waals surface area contributed by atoms with Crippen molar-refractivity contribution in [3.8, 4) is 11.5 Å². The van der Waals surface area contributed by atoms with E-state index in [1.807, 2.05) is 48.7 Å². The fraction of sp³-hybridized carbons (Fsp3) is 0.241. The highest BCUT2D eigenvalue weighted by molar-refractivity contribution is 6.05. The van der Waals surface area contributed by atoms with Crippen LogP contribution in [-0.2, 0) is 9.53 Å². The normalized spacial score (nSPS) is 16.9. The molecule has 0 bridgehead atoms. The van der Waals surface area contributed by atoms with E-state index in [0.29, 0.717) is 41.5 Å². The largest absolute Gasteiger partial charge is 0.497 e. The molecule has 8 heteroatoms. The number of hydrogen-bond donors (Lipinski definition) is 2. The molecule has 1 aromatic heterocycles. The van der Waals surface area contributed by atoms with Crippen molar-refractivity contribution >= 4 is 28.4 Å². The average Bonchev–Trinajstić information content (AvgIpc) is 3.36. The number of carbonyl (C=O) groups excluding carboxylic acids is 2. The molecular weight excluding hydrogens is 470 g/mol. The number of fused-ring (bicyclic) bond motifs is 2. The van der Waals surface area contributed by atoms with Crippen molar-refractivity contribution in [3.05, 3.63) is 89.6 Å². The molecule has 0 aliphatic carbocycles. The summed E-state index contributed by atoms with van der Waals surface area (Å²) in [7, 11) is 4.72. The third kappa shape index (κ3) is 4.40. The number of ether oxygens (including phenoxy) is 3. The Bertz CT molecular complexity index is 1450. The summed E-state index contributed by atoms with van der Waals surface area (Å²) in [5.41, 5.74) is 3.52. The number of rotatable bonds is 8. The average molecular weight is 500 g/mol. The number of nitrogens with one attached hydrogen (secondary N) is 2. The summed E-state index contributed by atoms with van der Waals surface area (Å²) in [5, 5.41) is 4.02. The first-order valence-corrected chi connectivity index (χ1v) is 12.0. The predicted octanol–water partition coefficient (Wildman–Crippen LogP) is 4.75. The van der Waals surface area contributed by atoms with E-state index in [9.17, 15) is 9.59 Å². The van der Waals surface area contributed by atoms with E-state index >= 15 is 0 Å². The van der Waals surface area contributed by atoms with Crippen molar-refractivity contribution in [1.29, 1.82) is 0 Å². The number of para-hydroxylation sites is 1. The van der Waals surface area contributed by atoms with E-state index in [4.69, 9.17) is 14.2 Å². The Hall–Kier alpha value is -4.30. The summed E-state index contributed by atoms with van der Waals surface area (Å²) in [6.45, 7) is 0.677. The first kappa shape index (κ1) is 24.4. The Labute approximate surface area is 215 Å². The third-order valence-electron chi connectivity index (χ3n) is 6.86. The molecule has 0 radical (unpaired) electrons. The molecule has 2 N–H and O–H groups in total. The van der Waals surface area contributed by atoms with Gasteiger partial charge >= 0.3 is 0 Å². The summed E-state index contributed by atoms with van der Waals surface area (Å²) in [4.78, 5) is 33.0. The number of nitrogens with zero attached hydrogens (tertiary/aromatic N) is 1. The lowest BCUT2D eigenvalue weighted by atomic mass is 9.79. The van der Waals surface area contributed by atoms with E-state index in [1.54, 1.807) is 50.5 Å². The van der Waals surface area contributed by atoms with E-state index in [-0.39, 0.29) is 11.8 Å². The van der Waals surface area contributed by atoms with E-state index < -0.39 is 12.0 Å². The highest BCUT2D eigenvalue weighted by Crippen LogP contribution is 2.45. The van der Waals surface area contributed by atoms with Gasteiger partial charge in [-0.1, -0.05) is 36.4 Å². The van der Waals surface area contributed by atoms with Crippen LogP contribution in [0.4, 0.5) is 5.69 Å². The first-order valence-electron chi connectivity index (χ1n) is 12.0. The molecule has 5 rings (SSSR count). The zero-order valence-electron chi connectivity index (χ0n) is 21.0.